The van der Waals surface area contributed by atoms with E-state index in [1.54, 1.807) is 42.5 Å². The molecule has 0 unspecified atom stereocenters. The van der Waals surface area contributed by atoms with E-state index in [4.69, 9.17) is 0 Å². The Labute approximate surface area is 101 Å². The fourth-order valence-electron chi connectivity index (χ4n) is 1.34. The van der Waals surface area contributed by atoms with Crippen LogP contribution in [0.2, 0.25) is 0 Å². The van der Waals surface area contributed by atoms with Gasteiger partial charge in [-0.25, -0.2) is 0 Å². The first-order chi connectivity index (χ1) is 8.10. The van der Waals surface area contributed by atoms with Crippen molar-refractivity contribution in [1.29, 1.82) is 0 Å². The lowest BCUT2D eigenvalue weighted by molar-refractivity contribution is 0.516. The molecule has 0 N–H and O–H groups in total. The highest BCUT2D eigenvalue weighted by Crippen LogP contribution is 2.17. The van der Waals surface area contributed by atoms with Crippen molar-refractivity contribution in [3.63, 3.8) is 0 Å². The molecule has 1 aliphatic rings. The van der Waals surface area contributed by atoms with Crippen LogP contribution < -0.4 is 0 Å². The molecule has 4 nitrogen and oxygen atoms in total. The minimum absolute atomic E-state index is 0.229. The molecule has 0 aromatic heterocycles. The molecule has 88 valence electrons. The molecule has 1 aromatic rings. The first-order valence-corrected chi connectivity index (χ1v) is 6.53. The number of hydrogen-bond donors (Lipinski definition) is 0. The molecule has 0 saturated heterocycles. The van der Waals surface area contributed by atoms with E-state index in [0.717, 1.165) is 9.98 Å². The number of nitrogens with zero attached hydrogens (tertiary/aromatic N) is 2. The van der Waals surface area contributed by atoms with Gasteiger partial charge >= 0.3 is 0 Å². The van der Waals surface area contributed by atoms with Crippen molar-refractivity contribution in [3.8, 4) is 0 Å². The summed E-state index contributed by atoms with van der Waals surface area (Å²) in [6.45, 7) is 1.91. The number of hydrazone groups is 1. The zero-order chi connectivity index (χ0) is 12.3. The Bertz CT molecular complexity index is 567. The van der Waals surface area contributed by atoms with Gasteiger partial charge in [-0.15, -0.1) is 0 Å². The van der Waals surface area contributed by atoms with E-state index in [9.17, 15) is 8.42 Å². The summed E-state index contributed by atoms with van der Waals surface area (Å²) >= 11 is 0. The minimum atomic E-state index is -3.59. The van der Waals surface area contributed by atoms with Crippen molar-refractivity contribution in [3.05, 3.63) is 54.3 Å². The summed E-state index contributed by atoms with van der Waals surface area (Å²) in [6.07, 6.45) is 7.86. The molecule has 1 aliphatic heterocycles. The predicted octanol–water partition coefficient (Wildman–Crippen LogP) is 2.06. The average Bonchev–Trinajstić information content (AvgIpc) is 2.58. The summed E-state index contributed by atoms with van der Waals surface area (Å²) in [7, 11) is -3.59. The van der Waals surface area contributed by atoms with E-state index in [1.807, 2.05) is 6.92 Å². The number of allylic oxidation sites excluding steroid dienone is 3. The molecular formula is C12H12N2O2S. The fourth-order valence-corrected chi connectivity index (χ4v) is 2.45. The standard InChI is InChI=1S/C12H12N2O2S/c1-11-5-7-12(8-6-11)17(15,16)14-10-4-2-3-9-13-14/h2-10H,1H3. The third-order valence-corrected chi connectivity index (χ3v) is 3.84. The molecule has 0 atom stereocenters. The van der Waals surface area contributed by atoms with E-state index < -0.39 is 10.0 Å². The Hall–Kier alpha value is -1.88. The second-order valence-corrected chi connectivity index (χ2v) is 5.38. The summed E-state index contributed by atoms with van der Waals surface area (Å²) in [5.41, 5.74) is 1.01. The summed E-state index contributed by atoms with van der Waals surface area (Å²) in [4.78, 5) is 0.229. The summed E-state index contributed by atoms with van der Waals surface area (Å²) in [6, 6.07) is 6.67. The molecule has 0 saturated carbocycles. The maximum absolute atomic E-state index is 12.2. The van der Waals surface area contributed by atoms with Gasteiger partial charge in [0.2, 0.25) is 0 Å². The molecule has 1 heterocycles. The fraction of sp³-hybridized carbons (Fsp3) is 0.0833. The number of benzene rings is 1. The van der Waals surface area contributed by atoms with Gasteiger partial charge in [0.25, 0.3) is 10.0 Å². The van der Waals surface area contributed by atoms with Crippen LogP contribution in [0.25, 0.3) is 0 Å². The quantitative estimate of drug-likeness (QED) is 0.804. The highest BCUT2D eigenvalue weighted by Gasteiger charge is 2.20. The van der Waals surface area contributed by atoms with Crippen LogP contribution in [0.3, 0.4) is 0 Å². The molecule has 0 amide bonds. The van der Waals surface area contributed by atoms with Gasteiger partial charge < -0.3 is 0 Å². The summed E-state index contributed by atoms with van der Waals surface area (Å²) < 4.78 is 25.3. The zero-order valence-corrected chi connectivity index (χ0v) is 10.1. The number of sulfonamides is 1. The SMILES string of the molecule is Cc1ccc(S(=O)(=O)N2C=CC=CC=N2)cc1. The molecule has 2 rings (SSSR count). The van der Waals surface area contributed by atoms with Crippen LogP contribution in [0.1, 0.15) is 5.56 Å². The second kappa shape index (κ2) is 4.55. The van der Waals surface area contributed by atoms with Crippen LogP contribution in [-0.4, -0.2) is 19.0 Å². The van der Waals surface area contributed by atoms with Gasteiger partial charge in [0, 0.05) is 12.4 Å². The zero-order valence-electron chi connectivity index (χ0n) is 9.32. The third kappa shape index (κ3) is 2.45. The van der Waals surface area contributed by atoms with Gasteiger partial charge in [-0.1, -0.05) is 23.8 Å². The number of hydrogen-bond acceptors (Lipinski definition) is 3. The van der Waals surface area contributed by atoms with Gasteiger partial charge in [0.1, 0.15) is 0 Å². The average molecular weight is 248 g/mol. The van der Waals surface area contributed by atoms with Gasteiger partial charge in [-0.05, 0) is 31.2 Å². The number of rotatable bonds is 2. The maximum atomic E-state index is 12.2. The van der Waals surface area contributed by atoms with Crippen molar-refractivity contribution < 1.29 is 8.42 Å². The highest BCUT2D eigenvalue weighted by molar-refractivity contribution is 7.89. The Balaban J connectivity index is 2.39. The van der Waals surface area contributed by atoms with Crippen LogP contribution in [0.15, 0.2) is 58.7 Å². The van der Waals surface area contributed by atoms with Crippen molar-refractivity contribution >= 4 is 16.2 Å². The monoisotopic (exact) mass is 248 g/mol. The molecule has 5 heteroatoms. The van der Waals surface area contributed by atoms with Crippen molar-refractivity contribution in [2.45, 2.75) is 11.8 Å². The van der Waals surface area contributed by atoms with Crippen LogP contribution in [-0.2, 0) is 10.0 Å². The maximum Gasteiger partial charge on any atom is 0.282 e. The second-order valence-electron chi connectivity index (χ2n) is 3.58. The first-order valence-electron chi connectivity index (χ1n) is 5.09. The van der Waals surface area contributed by atoms with Crippen molar-refractivity contribution in [2.24, 2.45) is 5.10 Å². The van der Waals surface area contributed by atoms with E-state index >= 15 is 0 Å². The highest BCUT2D eigenvalue weighted by atomic mass is 32.2. The van der Waals surface area contributed by atoms with E-state index in [-0.39, 0.29) is 4.90 Å². The van der Waals surface area contributed by atoms with Gasteiger partial charge in [0.05, 0.1) is 4.90 Å². The van der Waals surface area contributed by atoms with Crippen LogP contribution >= 0.6 is 0 Å². The molecule has 1 aromatic carbocycles. The largest absolute Gasteiger partial charge is 0.282 e. The van der Waals surface area contributed by atoms with Gasteiger partial charge in [-0.2, -0.15) is 17.9 Å². The lowest BCUT2D eigenvalue weighted by atomic mass is 10.2. The Morgan fingerprint density at radius 1 is 1.06 bits per heavy atom. The molecule has 0 fully saturated rings. The smallest absolute Gasteiger partial charge is 0.199 e. The molecule has 17 heavy (non-hydrogen) atoms. The lowest BCUT2D eigenvalue weighted by Gasteiger charge is -2.13. The molecular weight excluding hydrogens is 236 g/mol. The van der Waals surface area contributed by atoms with Gasteiger partial charge in [0.15, 0.2) is 0 Å². The Kier molecular flexibility index (Phi) is 3.10. The summed E-state index contributed by atoms with van der Waals surface area (Å²) in [5, 5.41) is 3.84. The Morgan fingerprint density at radius 3 is 2.47 bits per heavy atom. The topological polar surface area (TPSA) is 49.7 Å². The van der Waals surface area contributed by atoms with E-state index in [0.29, 0.717) is 0 Å². The molecule has 0 radical (unpaired) electrons. The lowest BCUT2D eigenvalue weighted by Crippen LogP contribution is -2.20. The van der Waals surface area contributed by atoms with Gasteiger partial charge in [-0.3, -0.25) is 0 Å². The van der Waals surface area contributed by atoms with Crippen molar-refractivity contribution in [1.82, 2.24) is 4.41 Å². The van der Waals surface area contributed by atoms with Crippen LogP contribution in [0.4, 0.5) is 0 Å². The minimum Gasteiger partial charge on any atom is -0.199 e. The third-order valence-electron chi connectivity index (χ3n) is 2.27. The van der Waals surface area contributed by atoms with E-state index in [1.165, 1.54) is 12.4 Å². The molecule has 0 bridgehead atoms. The molecule has 0 spiro atoms. The van der Waals surface area contributed by atoms with E-state index in [2.05, 4.69) is 5.10 Å². The van der Waals surface area contributed by atoms with Crippen LogP contribution in [0, 0.1) is 6.92 Å². The van der Waals surface area contributed by atoms with Crippen LogP contribution in [0.5, 0.6) is 0 Å². The molecule has 0 aliphatic carbocycles. The summed E-state index contributed by atoms with van der Waals surface area (Å²) in [5.74, 6) is 0. The Morgan fingerprint density at radius 2 is 1.76 bits per heavy atom. The first kappa shape index (κ1) is 11.6. The number of aryl methyl sites for hydroxylation is 1. The predicted molar refractivity (Wildman–Crippen MR) is 67.0 cm³/mol. The normalized spacial score (nSPS) is 15.0. The van der Waals surface area contributed by atoms with Crippen molar-refractivity contribution in [2.75, 3.05) is 0 Å².